The van der Waals surface area contributed by atoms with Gasteiger partial charge in [-0.15, -0.1) is 0 Å². The van der Waals surface area contributed by atoms with Crippen LogP contribution in [0.4, 0.5) is 5.69 Å². The number of ether oxygens (including phenoxy) is 2. The minimum atomic E-state index is -3.76. The summed E-state index contributed by atoms with van der Waals surface area (Å²) in [5.74, 6) is 0.113. The van der Waals surface area contributed by atoms with E-state index in [9.17, 15) is 13.2 Å². The molecule has 0 amide bonds. The number of sulfonamides is 1. The minimum absolute atomic E-state index is 0.0910. The topological polar surface area (TPSA) is 81.7 Å². The first-order valence-corrected chi connectivity index (χ1v) is 10.3. The zero-order valence-corrected chi connectivity index (χ0v) is 16.9. The smallest absolute Gasteiger partial charge is 0.338 e. The molecule has 0 bridgehead atoms. The van der Waals surface area contributed by atoms with Crippen molar-refractivity contribution in [2.45, 2.75) is 24.7 Å². The first-order valence-electron chi connectivity index (χ1n) is 8.01. The Morgan fingerprint density at radius 1 is 1.15 bits per heavy atom. The predicted molar refractivity (Wildman–Crippen MR) is 103 cm³/mol. The average molecular weight is 442 g/mol. The Bertz CT molecular complexity index is 866. The highest BCUT2D eigenvalue weighted by Gasteiger charge is 2.16. The van der Waals surface area contributed by atoms with Gasteiger partial charge in [0.1, 0.15) is 5.75 Å². The molecule has 140 valence electrons. The summed E-state index contributed by atoms with van der Waals surface area (Å²) in [5.41, 5.74) is 0.721. The number of rotatable bonds is 8. The molecule has 2 rings (SSSR count). The monoisotopic (exact) mass is 441 g/mol. The van der Waals surface area contributed by atoms with Gasteiger partial charge >= 0.3 is 5.97 Å². The van der Waals surface area contributed by atoms with E-state index in [1.54, 1.807) is 6.07 Å². The number of hydrogen-bond donors (Lipinski definition) is 1. The third-order valence-corrected chi connectivity index (χ3v) is 5.54. The van der Waals surface area contributed by atoms with E-state index in [4.69, 9.17) is 9.47 Å². The molecule has 1 N–H and O–H groups in total. The molecule has 0 spiro atoms. The number of nitrogens with one attached hydrogen (secondary N) is 1. The molecule has 0 aliphatic carbocycles. The Morgan fingerprint density at radius 3 is 2.42 bits per heavy atom. The Morgan fingerprint density at radius 2 is 1.85 bits per heavy atom. The predicted octanol–water partition coefficient (Wildman–Crippen LogP) is 4.22. The van der Waals surface area contributed by atoms with Crippen LogP contribution in [-0.2, 0) is 14.8 Å². The van der Waals surface area contributed by atoms with Crippen molar-refractivity contribution >= 4 is 37.6 Å². The van der Waals surface area contributed by atoms with Gasteiger partial charge in [-0.25, -0.2) is 13.2 Å². The summed E-state index contributed by atoms with van der Waals surface area (Å²) < 4.78 is 38.2. The van der Waals surface area contributed by atoms with Gasteiger partial charge in [-0.3, -0.25) is 4.72 Å². The molecule has 0 aromatic heterocycles. The van der Waals surface area contributed by atoms with E-state index >= 15 is 0 Å². The Hall–Kier alpha value is -2.06. The normalized spacial score (nSPS) is 11.0. The second-order valence-corrected chi connectivity index (χ2v) is 8.01. The number of anilines is 1. The van der Waals surface area contributed by atoms with Gasteiger partial charge in [0.05, 0.1) is 28.6 Å². The lowest BCUT2D eigenvalue weighted by atomic mass is 10.2. The highest BCUT2D eigenvalue weighted by molar-refractivity contribution is 9.10. The van der Waals surface area contributed by atoms with Crippen molar-refractivity contribution in [3.63, 3.8) is 0 Å². The number of benzene rings is 2. The van der Waals surface area contributed by atoms with Crippen LogP contribution >= 0.6 is 15.9 Å². The van der Waals surface area contributed by atoms with Gasteiger partial charge < -0.3 is 9.47 Å². The van der Waals surface area contributed by atoms with Gasteiger partial charge in [-0.05, 0) is 64.8 Å². The SMILES string of the molecule is CCCCOC(=O)c1ccc(NS(=O)(=O)c2ccc(OC)c(Br)c2)cc1. The van der Waals surface area contributed by atoms with Gasteiger partial charge in [0.25, 0.3) is 10.0 Å². The van der Waals surface area contributed by atoms with Crippen molar-refractivity contribution in [1.29, 1.82) is 0 Å². The highest BCUT2D eigenvalue weighted by atomic mass is 79.9. The van der Waals surface area contributed by atoms with Crippen LogP contribution in [0.5, 0.6) is 5.75 Å². The van der Waals surface area contributed by atoms with Crippen LogP contribution in [0.25, 0.3) is 0 Å². The molecule has 0 radical (unpaired) electrons. The standard InChI is InChI=1S/C18H20BrNO5S/c1-3-4-11-25-18(21)13-5-7-14(8-6-13)20-26(22,23)15-9-10-17(24-2)16(19)12-15/h5-10,12,20H,3-4,11H2,1-2H3. The van der Waals surface area contributed by atoms with E-state index in [1.165, 1.54) is 43.5 Å². The van der Waals surface area contributed by atoms with Crippen molar-refractivity contribution in [2.24, 2.45) is 0 Å². The number of unbranched alkanes of at least 4 members (excludes halogenated alkanes) is 1. The third-order valence-electron chi connectivity index (χ3n) is 3.54. The largest absolute Gasteiger partial charge is 0.496 e. The molecule has 0 aliphatic rings. The molecule has 2 aromatic rings. The summed E-state index contributed by atoms with van der Waals surface area (Å²) in [5, 5.41) is 0. The van der Waals surface area contributed by atoms with Crippen molar-refractivity contribution in [1.82, 2.24) is 0 Å². The highest BCUT2D eigenvalue weighted by Crippen LogP contribution is 2.28. The first-order chi connectivity index (χ1) is 12.4. The second-order valence-electron chi connectivity index (χ2n) is 5.47. The van der Waals surface area contributed by atoms with Gasteiger partial charge in [0.2, 0.25) is 0 Å². The Balaban J connectivity index is 2.10. The maximum atomic E-state index is 12.5. The van der Waals surface area contributed by atoms with Crippen LogP contribution in [0.3, 0.4) is 0 Å². The molecular formula is C18H20BrNO5S. The van der Waals surface area contributed by atoms with Crippen molar-refractivity contribution in [2.75, 3.05) is 18.4 Å². The summed E-state index contributed by atoms with van der Waals surface area (Å²) in [4.78, 5) is 11.9. The molecular weight excluding hydrogens is 422 g/mol. The summed E-state index contributed by atoms with van der Waals surface area (Å²) in [6.45, 7) is 2.38. The van der Waals surface area contributed by atoms with Crippen LogP contribution in [0, 0.1) is 0 Å². The summed E-state index contributed by atoms with van der Waals surface area (Å²) in [6.07, 6.45) is 1.75. The van der Waals surface area contributed by atoms with E-state index in [2.05, 4.69) is 20.7 Å². The number of hydrogen-bond acceptors (Lipinski definition) is 5. The molecule has 2 aromatic carbocycles. The maximum Gasteiger partial charge on any atom is 0.338 e. The lowest BCUT2D eigenvalue weighted by Gasteiger charge is -2.10. The molecule has 0 saturated heterocycles. The van der Waals surface area contributed by atoms with E-state index < -0.39 is 16.0 Å². The van der Waals surface area contributed by atoms with Crippen LogP contribution in [-0.4, -0.2) is 28.1 Å². The van der Waals surface area contributed by atoms with E-state index in [0.29, 0.717) is 28.1 Å². The number of esters is 1. The molecule has 6 nitrogen and oxygen atoms in total. The molecule has 8 heteroatoms. The van der Waals surface area contributed by atoms with Crippen LogP contribution in [0.2, 0.25) is 0 Å². The lowest BCUT2D eigenvalue weighted by Crippen LogP contribution is -2.13. The van der Waals surface area contributed by atoms with Crippen LogP contribution in [0.15, 0.2) is 51.8 Å². The molecule has 0 saturated carbocycles. The number of carbonyl (C=O) groups excluding carboxylic acids is 1. The molecule has 0 unspecified atom stereocenters. The Kier molecular flexibility index (Phi) is 7.05. The zero-order valence-electron chi connectivity index (χ0n) is 14.5. The third kappa shape index (κ3) is 5.22. The molecule has 0 fully saturated rings. The van der Waals surface area contributed by atoms with E-state index in [-0.39, 0.29) is 4.90 Å². The maximum absolute atomic E-state index is 12.5. The number of halogens is 1. The summed E-state index contributed by atoms with van der Waals surface area (Å²) >= 11 is 3.27. The van der Waals surface area contributed by atoms with Gasteiger partial charge in [0.15, 0.2) is 0 Å². The molecule has 0 atom stereocenters. The first kappa shape index (κ1) is 20.3. The van der Waals surface area contributed by atoms with Gasteiger partial charge in [-0.2, -0.15) is 0 Å². The van der Waals surface area contributed by atoms with Gasteiger partial charge in [0, 0.05) is 5.69 Å². The Labute approximate surface area is 161 Å². The minimum Gasteiger partial charge on any atom is -0.496 e. The summed E-state index contributed by atoms with van der Waals surface area (Å²) in [7, 11) is -2.26. The van der Waals surface area contributed by atoms with Crippen molar-refractivity contribution < 1.29 is 22.7 Å². The van der Waals surface area contributed by atoms with Crippen LogP contribution in [0.1, 0.15) is 30.1 Å². The zero-order chi connectivity index (χ0) is 19.2. The van der Waals surface area contributed by atoms with Crippen molar-refractivity contribution in [3.05, 3.63) is 52.5 Å². The van der Waals surface area contributed by atoms with E-state index in [1.807, 2.05) is 6.92 Å². The fourth-order valence-corrected chi connectivity index (χ4v) is 3.87. The number of methoxy groups -OCH3 is 1. The fourth-order valence-electron chi connectivity index (χ4n) is 2.10. The molecule has 0 aliphatic heterocycles. The quantitative estimate of drug-likeness (QED) is 0.489. The second kappa shape index (κ2) is 9.05. The van der Waals surface area contributed by atoms with E-state index in [0.717, 1.165) is 12.8 Å². The number of carbonyl (C=O) groups is 1. The molecule has 0 heterocycles. The van der Waals surface area contributed by atoms with Crippen molar-refractivity contribution in [3.8, 4) is 5.75 Å². The lowest BCUT2D eigenvalue weighted by molar-refractivity contribution is 0.0500. The molecule has 26 heavy (non-hydrogen) atoms. The fraction of sp³-hybridized carbons (Fsp3) is 0.278. The van der Waals surface area contributed by atoms with Crippen LogP contribution < -0.4 is 9.46 Å². The summed E-state index contributed by atoms with van der Waals surface area (Å²) in [6, 6.07) is 10.6. The average Bonchev–Trinajstić information content (AvgIpc) is 2.62. The van der Waals surface area contributed by atoms with Gasteiger partial charge in [-0.1, -0.05) is 13.3 Å².